The molecule has 3 fully saturated rings. The van der Waals surface area contributed by atoms with Gasteiger partial charge < -0.3 is 15.1 Å². The van der Waals surface area contributed by atoms with Gasteiger partial charge in [0, 0.05) is 82.4 Å². The summed E-state index contributed by atoms with van der Waals surface area (Å²) in [5.74, 6) is -0.923. The van der Waals surface area contributed by atoms with Crippen molar-refractivity contribution in [2.24, 2.45) is 5.41 Å². The van der Waals surface area contributed by atoms with Gasteiger partial charge in [-0.05, 0) is 97.5 Å². The number of benzene rings is 4. The number of hydrogen-bond acceptors (Lipinski definition) is 5. The zero-order valence-corrected chi connectivity index (χ0v) is 31.3. The molecule has 3 saturated heterocycles. The van der Waals surface area contributed by atoms with E-state index in [1.165, 1.54) is 36.4 Å². The SMILES string of the molecule is O=C1NCCCC1(CC(c1ccc(F)cc1)N1CCN(c2cccc(C(F)(F)F)c2)CC1)CC(c1ccc(F)cc1)N1CCN(c2cccc(C(F)(F)F)c2)CC1. The number of halogens is 8. The molecule has 4 aromatic carbocycles. The fourth-order valence-corrected chi connectivity index (χ4v) is 8.77. The quantitative estimate of drug-likeness (QED) is 0.162. The number of nitrogens with one attached hydrogen (secondary N) is 1. The van der Waals surface area contributed by atoms with Crippen LogP contribution in [0.25, 0.3) is 0 Å². The van der Waals surface area contributed by atoms with Gasteiger partial charge in [0.05, 0.1) is 16.5 Å². The molecule has 1 N–H and O–H groups in total. The van der Waals surface area contributed by atoms with Crippen molar-refractivity contribution < 1.29 is 39.9 Å². The number of anilines is 2. The van der Waals surface area contributed by atoms with E-state index >= 15 is 0 Å². The van der Waals surface area contributed by atoms with Crippen LogP contribution in [-0.2, 0) is 17.1 Å². The fourth-order valence-electron chi connectivity index (χ4n) is 8.77. The van der Waals surface area contributed by atoms with Gasteiger partial charge in [0.15, 0.2) is 0 Å². The van der Waals surface area contributed by atoms with Crippen LogP contribution < -0.4 is 15.1 Å². The van der Waals surface area contributed by atoms with Crippen LogP contribution in [0.5, 0.6) is 0 Å². The van der Waals surface area contributed by atoms with Crippen molar-refractivity contribution in [2.75, 3.05) is 68.7 Å². The van der Waals surface area contributed by atoms with E-state index in [0.29, 0.717) is 96.0 Å². The Morgan fingerprint density at radius 3 is 1.35 bits per heavy atom. The van der Waals surface area contributed by atoms with Crippen molar-refractivity contribution in [3.05, 3.63) is 131 Å². The van der Waals surface area contributed by atoms with Crippen LogP contribution in [-0.4, -0.2) is 74.6 Å². The summed E-state index contributed by atoms with van der Waals surface area (Å²) in [5.41, 5.74) is 0.216. The van der Waals surface area contributed by atoms with Crippen LogP contribution in [0.1, 0.15) is 60.0 Å². The molecule has 0 bridgehead atoms. The van der Waals surface area contributed by atoms with E-state index in [1.807, 2.05) is 9.80 Å². The topological polar surface area (TPSA) is 42.1 Å². The van der Waals surface area contributed by atoms with Crippen LogP contribution >= 0.6 is 0 Å². The molecule has 7 rings (SSSR count). The second-order valence-electron chi connectivity index (χ2n) is 15.3. The predicted octanol–water partition coefficient (Wildman–Crippen LogP) is 9.11. The monoisotopic (exact) mass is 799 g/mol. The normalized spacial score (nSPS) is 21.3. The molecule has 4 aromatic rings. The molecule has 6 nitrogen and oxygen atoms in total. The highest BCUT2D eigenvalue weighted by Crippen LogP contribution is 2.47. The molecule has 304 valence electrons. The summed E-state index contributed by atoms with van der Waals surface area (Å²) in [5, 5.41) is 3.11. The Labute approximate surface area is 327 Å². The minimum Gasteiger partial charge on any atom is -0.369 e. The summed E-state index contributed by atoms with van der Waals surface area (Å²) >= 11 is 0. The summed E-state index contributed by atoms with van der Waals surface area (Å²) in [7, 11) is 0. The van der Waals surface area contributed by atoms with Crippen LogP contribution in [0.3, 0.4) is 0 Å². The molecule has 3 aliphatic rings. The number of amides is 1. The Balaban J connectivity index is 1.16. The molecule has 1 amide bonds. The molecule has 0 radical (unpaired) electrons. The summed E-state index contributed by atoms with van der Waals surface area (Å²) in [6.07, 6.45) is -6.93. The number of piperazine rings is 2. The highest BCUT2D eigenvalue weighted by Gasteiger charge is 2.47. The van der Waals surface area contributed by atoms with Gasteiger partial charge in [-0.3, -0.25) is 14.6 Å². The Morgan fingerprint density at radius 1 is 0.579 bits per heavy atom. The van der Waals surface area contributed by atoms with Crippen molar-refractivity contribution in [1.29, 1.82) is 0 Å². The van der Waals surface area contributed by atoms with E-state index < -0.39 is 40.5 Å². The van der Waals surface area contributed by atoms with Crippen molar-refractivity contribution in [3.63, 3.8) is 0 Å². The van der Waals surface area contributed by atoms with Gasteiger partial charge >= 0.3 is 12.4 Å². The summed E-state index contributed by atoms with van der Waals surface area (Å²) in [6.45, 7) is 4.18. The molecule has 57 heavy (non-hydrogen) atoms. The minimum atomic E-state index is -4.47. The number of piperidine rings is 1. The van der Waals surface area contributed by atoms with E-state index in [2.05, 4.69) is 15.1 Å². The van der Waals surface area contributed by atoms with Gasteiger partial charge in [-0.1, -0.05) is 36.4 Å². The lowest BCUT2D eigenvalue weighted by Crippen LogP contribution is -2.53. The molecule has 3 heterocycles. The molecule has 3 aliphatic heterocycles. The van der Waals surface area contributed by atoms with Gasteiger partial charge in [0.25, 0.3) is 0 Å². The standard InChI is InChI=1S/C43H45F8N5O/c44-34-12-8-30(9-13-34)38(55-22-18-53(19-23-55)36-6-1-4-32(26-36)42(46,47)48)28-41(16-3-17-52-40(41)57)29-39(31-10-14-35(45)15-11-31)56-24-20-54(21-25-56)37-7-2-5-33(27-37)43(49,50)51/h1-2,4-15,26-27,38-39H,3,16-25,28-29H2,(H,52,57). The van der Waals surface area contributed by atoms with Gasteiger partial charge in [0.2, 0.25) is 5.91 Å². The largest absolute Gasteiger partial charge is 0.416 e. The van der Waals surface area contributed by atoms with Crippen molar-refractivity contribution in [3.8, 4) is 0 Å². The first-order chi connectivity index (χ1) is 27.2. The zero-order chi connectivity index (χ0) is 40.4. The Bertz CT molecular complexity index is 1840. The first-order valence-corrected chi connectivity index (χ1v) is 19.3. The van der Waals surface area contributed by atoms with Gasteiger partial charge in [-0.15, -0.1) is 0 Å². The average molecular weight is 800 g/mol. The van der Waals surface area contributed by atoms with Gasteiger partial charge in [0.1, 0.15) is 11.6 Å². The number of carbonyl (C=O) groups is 1. The van der Waals surface area contributed by atoms with E-state index in [0.717, 1.165) is 35.4 Å². The Kier molecular flexibility index (Phi) is 11.8. The Hall–Kier alpha value is -4.69. The molecule has 0 aromatic heterocycles. The first-order valence-electron chi connectivity index (χ1n) is 19.3. The zero-order valence-electron chi connectivity index (χ0n) is 31.3. The van der Waals surface area contributed by atoms with E-state index in [9.17, 15) is 39.9 Å². The van der Waals surface area contributed by atoms with Crippen molar-refractivity contribution in [1.82, 2.24) is 15.1 Å². The third-order valence-electron chi connectivity index (χ3n) is 11.9. The van der Waals surface area contributed by atoms with Crippen molar-refractivity contribution in [2.45, 2.75) is 50.1 Å². The summed E-state index contributed by atoms with van der Waals surface area (Å²) < 4.78 is 110. The lowest BCUT2D eigenvalue weighted by molar-refractivity contribution is -0.138. The van der Waals surface area contributed by atoms with Gasteiger partial charge in [-0.25, -0.2) is 8.78 Å². The fraction of sp³-hybridized carbons (Fsp3) is 0.419. The lowest BCUT2D eigenvalue weighted by atomic mass is 9.68. The van der Waals surface area contributed by atoms with Crippen LogP contribution in [0.2, 0.25) is 0 Å². The number of nitrogens with zero attached hydrogens (tertiary/aromatic N) is 4. The van der Waals surface area contributed by atoms with Crippen molar-refractivity contribution >= 4 is 17.3 Å². The van der Waals surface area contributed by atoms with E-state index in [1.54, 1.807) is 36.4 Å². The Morgan fingerprint density at radius 2 is 0.982 bits per heavy atom. The maximum absolute atomic E-state index is 14.4. The van der Waals surface area contributed by atoms with E-state index in [-0.39, 0.29) is 18.0 Å². The van der Waals surface area contributed by atoms with Crippen LogP contribution in [0.15, 0.2) is 97.1 Å². The number of alkyl halides is 6. The summed E-state index contributed by atoms with van der Waals surface area (Å²) in [6, 6.07) is 22.3. The van der Waals surface area contributed by atoms with E-state index in [4.69, 9.17) is 0 Å². The molecular weight excluding hydrogens is 754 g/mol. The first kappa shape index (κ1) is 40.5. The predicted molar refractivity (Wildman–Crippen MR) is 203 cm³/mol. The number of carbonyl (C=O) groups excluding carboxylic acids is 1. The highest BCUT2D eigenvalue weighted by molar-refractivity contribution is 5.83. The molecule has 14 heteroatoms. The molecular formula is C43H45F8N5O. The lowest BCUT2D eigenvalue weighted by Gasteiger charge is -2.48. The molecule has 2 unspecified atom stereocenters. The average Bonchev–Trinajstić information content (AvgIpc) is 3.20. The molecule has 2 atom stereocenters. The number of rotatable bonds is 10. The second-order valence-corrected chi connectivity index (χ2v) is 15.3. The molecule has 0 spiro atoms. The second kappa shape index (κ2) is 16.7. The molecule has 0 saturated carbocycles. The highest BCUT2D eigenvalue weighted by atomic mass is 19.4. The number of hydrogen-bond donors (Lipinski definition) is 1. The van der Waals surface area contributed by atoms with Crippen LogP contribution in [0, 0.1) is 17.0 Å². The third kappa shape index (κ3) is 9.38. The van der Waals surface area contributed by atoms with Gasteiger partial charge in [-0.2, -0.15) is 26.3 Å². The van der Waals surface area contributed by atoms with Crippen LogP contribution in [0.4, 0.5) is 46.5 Å². The third-order valence-corrected chi connectivity index (χ3v) is 11.9. The summed E-state index contributed by atoms with van der Waals surface area (Å²) in [4.78, 5) is 22.6. The maximum Gasteiger partial charge on any atom is 0.416 e. The molecule has 0 aliphatic carbocycles. The smallest absolute Gasteiger partial charge is 0.369 e. The maximum atomic E-state index is 14.4. The minimum absolute atomic E-state index is 0.113.